The van der Waals surface area contributed by atoms with Gasteiger partial charge in [-0.2, -0.15) is 5.26 Å². The summed E-state index contributed by atoms with van der Waals surface area (Å²) in [6.07, 6.45) is 0. The number of benzene rings is 7. The normalized spacial score (nSPS) is 13.4. The highest BCUT2D eigenvalue weighted by molar-refractivity contribution is 7.99. The fourth-order valence-corrected chi connectivity index (χ4v) is 9.21. The van der Waals surface area contributed by atoms with Crippen molar-refractivity contribution in [2.24, 2.45) is 0 Å². The van der Waals surface area contributed by atoms with E-state index >= 15 is 0 Å². The molecule has 2 heterocycles. The molecular weight excluding hydrogens is 615 g/mol. The lowest BCUT2D eigenvalue weighted by Gasteiger charge is -2.39. The molecule has 0 saturated carbocycles. The minimum Gasteiger partial charge on any atom is -0.292 e. The second-order valence-corrected chi connectivity index (χ2v) is 13.7. The molecule has 1 aromatic heterocycles. The number of nitriles is 1. The van der Waals surface area contributed by atoms with Gasteiger partial charge in [-0.1, -0.05) is 121 Å². The largest absolute Gasteiger partial charge is 0.292 e. The van der Waals surface area contributed by atoms with Crippen LogP contribution in [0.2, 0.25) is 0 Å². The van der Waals surface area contributed by atoms with Crippen molar-refractivity contribution in [3.05, 3.63) is 192 Å². The summed E-state index contributed by atoms with van der Waals surface area (Å²) in [5.74, 6) is 0.920. The van der Waals surface area contributed by atoms with Gasteiger partial charge in [0, 0.05) is 21.0 Å². The van der Waals surface area contributed by atoms with E-state index in [1.54, 1.807) is 0 Å². The van der Waals surface area contributed by atoms with Crippen LogP contribution in [0, 0.1) is 11.3 Å². The number of hydrogen-bond donors (Lipinski definition) is 0. The van der Waals surface area contributed by atoms with Crippen LogP contribution in [0.15, 0.2) is 174 Å². The third-order valence-electron chi connectivity index (χ3n) is 10.1. The molecule has 0 amide bonds. The first-order chi connectivity index (χ1) is 24.2. The zero-order valence-electron chi connectivity index (χ0n) is 26.3. The van der Waals surface area contributed by atoms with Crippen LogP contribution in [0.1, 0.15) is 27.8 Å². The number of hydrogen-bond acceptors (Lipinski definition) is 3. The molecule has 0 atom stereocenters. The minimum absolute atomic E-state index is 0.535. The van der Waals surface area contributed by atoms with Gasteiger partial charge in [0.25, 0.3) is 0 Å². The van der Waals surface area contributed by atoms with Gasteiger partial charge in [0.15, 0.2) is 0 Å². The first-order valence-corrected chi connectivity index (χ1v) is 17.3. The van der Waals surface area contributed by atoms with Gasteiger partial charge in [0.2, 0.25) is 0 Å². The van der Waals surface area contributed by atoms with Crippen molar-refractivity contribution in [1.29, 1.82) is 5.26 Å². The molecule has 49 heavy (non-hydrogen) atoms. The SMILES string of the molecule is N#Cc1ccc2c(c1)C1(c3ccccc3Sc3ccccc31)c1cc(-c3ccc(-c4nc5ccccc5n4-c4ccccc4)cc3)ccc1-2. The van der Waals surface area contributed by atoms with Crippen LogP contribution < -0.4 is 0 Å². The first kappa shape index (κ1) is 27.9. The summed E-state index contributed by atoms with van der Waals surface area (Å²) >= 11 is 1.83. The molecule has 7 aromatic carbocycles. The van der Waals surface area contributed by atoms with E-state index in [0.29, 0.717) is 5.56 Å². The van der Waals surface area contributed by atoms with Crippen molar-refractivity contribution < 1.29 is 0 Å². The van der Waals surface area contributed by atoms with Crippen LogP contribution in [0.5, 0.6) is 0 Å². The summed E-state index contributed by atoms with van der Waals surface area (Å²) in [6.45, 7) is 0. The van der Waals surface area contributed by atoms with Crippen LogP contribution in [0.3, 0.4) is 0 Å². The zero-order chi connectivity index (χ0) is 32.5. The van der Waals surface area contributed by atoms with E-state index in [1.807, 2.05) is 30.0 Å². The van der Waals surface area contributed by atoms with Gasteiger partial charge in [-0.25, -0.2) is 4.98 Å². The van der Waals surface area contributed by atoms with Crippen molar-refractivity contribution in [2.75, 3.05) is 0 Å². The predicted octanol–water partition coefficient (Wildman–Crippen LogP) is 11.1. The molecule has 1 aliphatic carbocycles. The second-order valence-electron chi connectivity index (χ2n) is 12.6. The smallest absolute Gasteiger partial charge is 0.145 e. The molecule has 0 saturated heterocycles. The quantitative estimate of drug-likeness (QED) is 0.193. The average molecular weight is 642 g/mol. The predicted molar refractivity (Wildman–Crippen MR) is 198 cm³/mol. The molecule has 0 fully saturated rings. The Morgan fingerprint density at radius 1 is 0.531 bits per heavy atom. The average Bonchev–Trinajstić information content (AvgIpc) is 3.69. The maximum Gasteiger partial charge on any atom is 0.145 e. The van der Waals surface area contributed by atoms with Crippen molar-refractivity contribution in [3.8, 4) is 45.4 Å². The minimum atomic E-state index is -0.535. The molecule has 2 aliphatic rings. The first-order valence-electron chi connectivity index (χ1n) is 16.4. The summed E-state index contributed by atoms with van der Waals surface area (Å²) in [7, 11) is 0. The lowest BCUT2D eigenvalue weighted by molar-refractivity contribution is 0.722. The molecular formula is C45H27N3S. The number of para-hydroxylation sites is 3. The van der Waals surface area contributed by atoms with Crippen molar-refractivity contribution >= 4 is 22.8 Å². The fourth-order valence-electron chi connectivity index (χ4n) is 8.02. The van der Waals surface area contributed by atoms with Crippen molar-refractivity contribution in [3.63, 3.8) is 0 Å². The topological polar surface area (TPSA) is 41.6 Å². The molecule has 1 aliphatic heterocycles. The fraction of sp³-hybridized carbons (Fsp3) is 0.0222. The van der Waals surface area contributed by atoms with Gasteiger partial charge < -0.3 is 0 Å². The van der Waals surface area contributed by atoms with Crippen molar-refractivity contribution in [1.82, 2.24) is 9.55 Å². The number of imidazole rings is 1. The third-order valence-corrected chi connectivity index (χ3v) is 11.3. The Labute approximate surface area is 288 Å². The summed E-state index contributed by atoms with van der Waals surface area (Å²) in [4.78, 5) is 7.58. The van der Waals surface area contributed by atoms with Crippen LogP contribution >= 0.6 is 11.8 Å². The van der Waals surface area contributed by atoms with E-state index in [2.05, 4.69) is 156 Å². The molecule has 4 heteroatoms. The molecule has 8 aromatic rings. The maximum absolute atomic E-state index is 10.0. The number of nitrogens with zero attached hydrogens (tertiary/aromatic N) is 3. The highest BCUT2D eigenvalue weighted by Gasteiger charge is 2.50. The highest BCUT2D eigenvalue weighted by atomic mass is 32.2. The Morgan fingerprint density at radius 2 is 1.12 bits per heavy atom. The van der Waals surface area contributed by atoms with Crippen molar-refractivity contribution in [2.45, 2.75) is 15.2 Å². The van der Waals surface area contributed by atoms with Crippen LogP contribution in [-0.2, 0) is 5.41 Å². The van der Waals surface area contributed by atoms with Gasteiger partial charge in [-0.15, -0.1) is 0 Å². The lowest BCUT2D eigenvalue weighted by Crippen LogP contribution is -2.32. The maximum atomic E-state index is 10.0. The Balaban J connectivity index is 1.16. The molecule has 0 radical (unpaired) electrons. The Kier molecular flexibility index (Phi) is 6.09. The molecule has 0 N–H and O–H groups in total. The number of aromatic nitrogens is 2. The Hall–Kier alpha value is -6.15. The van der Waals surface area contributed by atoms with E-state index < -0.39 is 5.41 Å². The van der Waals surface area contributed by atoms with E-state index in [1.165, 1.54) is 43.2 Å². The molecule has 10 rings (SSSR count). The van der Waals surface area contributed by atoms with E-state index in [9.17, 15) is 5.26 Å². The van der Waals surface area contributed by atoms with E-state index in [4.69, 9.17) is 4.98 Å². The Bertz CT molecular complexity index is 2600. The van der Waals surface area contributed by atoms with E-state index in [0.717, 1.165) is 39.2 Å². The lowest BCUT2D eigenvalue weighted by atomic mass is 9.67. The highest BCUT2D eigenvalue weighted by Crippen LogP contribution is 2.62. The van der Waals surface area contributed by atoms with Gasteiger partial charge in [-0.05, 0) is 99.1 Å². The third kappa shape index (κ3) is 4.00. The van der Waals surface area contributed by atoms with Crippen LogP contribution in [-0.4, -0.2) is 9.55 Å². The number of rotatable bonds is 3. The standard InChI is InChI=1S/C45H27N3S/c46-28-29-18-24-34-35-25-23-32(27-39(35)45(38(34)26-29)36-12-4-8-16-42(36)49-43-17-9-5-13-37(43)45)30-19-21-31(22-20-30)44-47-40-14-6-7-15-41(40)48(44)33-10-2-1-3-11-33/h1-27H. The summed E-state index contributed by atoms with van der Waals surface area (Å²) in [6, 6.07) is 60.6. The molecule has 0 unspecified atom stereocenters. The molecule has 3 nitrogen and oxygen atoms in total. The summed E-state index contributed by atoms with van der Waals surface area (Å²) in [5.41, 5.74) is 14.0. The molecule has 1 spiro atoms. The molecule has 228 valence electrons. The number of fused-ring (bicyclic) bond motifs is 10. The van der Waals surface area contributed by atoms with E-state index in [-0.39, 0.29) is 0 Å². The monoisotopic (exact) mass is 641 g/mol. The van der Waals surface area contributed by atoms with Crippen LogP contribution in [0.4, 0.5) is 0 Å². The Morgan fingerprint density at radius 3 is 1.86 bits per heavy atom. The van der Waals surface area contributed by atoms with Gasteiger partial charge in [0.05, 0.1) is 28.1 Å². The van der Waals surface area contributed by atoms with Crippen LogP contribution in [0.25, 0.3) is 50.4 Å². The second kappa shape index (κ2) is 10.7. The van der Waals surface area contributed by atoms with Gasteiger partial charge in [0.1, 0.15) is 5.82 Å². The summed E-state index contributed by atoms with van der Waals surface area (Å²) in [5, 5.41) is 10.0. The van der Waals surface area contributed by atoms with Gasteiger partial charge in [-0.3, -0.25) is 4.57 Å². The van der Waals surface area contributed by atoms with Gasteiger partial charge >= 0.3 is 0 Å². The summed E-state index contributed by atoms with van der Waals surface area (Å²) < 4.78 is 2.24. The zero-order valence-corrected chi connectivity index (χ0v) is 27.2. The molecule has 0 bridgehead atoms.